The molecule has 0 saturated carbocycles. The number of hydrogen-bond donors (Lipinski definition) is 3. The summed E-state index contributed by atoms with van der Waals surface area (Å²) in [6.07, 6.45) is 2.10. The molecule has 0 saturated heterocycles. The number of ether oxygens (including phenoxy) is 1. The molecule has 1 aromatic carbocycles. The van der Waals surface area contributed by atoms with Gasteiger partial charge in [-0.1, -0.05) is 12.1 Å². The van der Waals surface area contributed by atoms with Crippen molar-refractivity contribution in [3.8, 4) is 0 Å². The highest BCUT2D eigenvalue weighted by Crippen LogP contribution is 2.10. The van der Waals surface area contributed by atoms with Gasteiger partial charge in [-0.15, -0.1) is 0 Å². The van der Waals surface area contributed by atoms with Crippen molar-refractivity contribution in [1.29, 1.82) is 0 Å². The van der Waals surface area contributed by atoms with E-state index in [0.29, 0.717) is 12.2 Å². The number of carbonyl (C=O) groups excluding carboxylic acids is 6. The first kappa shape index (κ1) is 23.3. The monoisotopic (exact) mass is 430 g/mol. The Labute approximate surface area is 177 Å². The average Bonchev–Trinajstić information content (AvgIpc) is 3.07. The Hall–Kier alpha value is -4.02. The van der Waals surface area contributed by atoms with E-state index in [2.05, 4.69) is 20.7 Å². The number of imide groups is 1. The van der Waals surface area contributed by atoms with Crippen LogP contribution in [0, 0.1) is 0 Å². The molecule has 1 unspecified atom stereocenters. The fourth-order valence-electron chi connectivity index (χ4n) is 2.58. The lowest BCUT2D eigenvalue weighted by molar-refractivity contribution is -0.137. The van der Waals surface area contributed by atoms with E-state index >= 15 is 0 Å². The van der Waals surface area contributed by atoms with Crippen LogP contribution in [0.3, 0.4) is 0 Å². The van der Waals surface area contributed by atoms with Gasteiger partial charge in [0.1, 0.15) is 12.6 Å². The van der Waals surface area contributed by atoms with Crippen LogP contribution in [0.2, 0.25) is 0 Å². The van der Waals surface area contributed by atoms with Crippen molar-refractivity contribution in [2.24, 2.45) is 0 Å². The number of nitrogens with zero attached hydrogens (tertiary/aromatic N) is 1. The molecule has 5 amide bonds. The zero-order chi connectivity index (χ0) is 22.8. The Morgan fingerprint density at radius 2 is 1.71 bits per heavy atom. The van der Waals surface area contributed by atoms with E-state index in [1.54, 1.807) is 24.3 Å². The van der Waals surface area contributed by atoms with Gasteiger partial charge in [-0.3, -0.25) is 33.7 Å². The standard InChI is InChI=1S/C20H22N4O7/c1-13(22-16(26)8-9-24-18(28)6-7-19(24)29)20(30)21-10-17(27)23-15-4-2-14(3-5-15)11-31-12-25/h2-7,12-13H,8-11H2,1H3,(H,21,30)(H,22,26)(H,23,27). The second-order valence-corrected chi connectivity index (χ2v) is 6.57. The normalized spacial score (nSPS) is 13.5. The minimum Gasteiger partial charge on any atom is -0.463 e. The van der Waals surface area contributed by atoms with Crippen molar-refractivity contribution in [3.63, 3.8) is 0 Å². The third-order valence-electron chi connectivity index (χ3n) is 4.21. The average molecular weight is 430 g/mol. The van der Waals surface area contributed by atoms with Crippen molar-refractivity contribution in [1.82, 2.24) is 15.5 Å². The Morgan fingerprint density at radius 1 is 1.06 bits per heavy atom. The van der Waals surface area contributed by atoms with Crippen LogP contribution in [0.15, 0.2) is 36.4 Å². The van der Waals surface area contributed by atoms with E-state index in [1.807, 2.05) is 0 Å². The minimum atomic E-state index is -0.916. The Morgan fingerprint density at radius 3 is 2.32 bits per heavy atom. The maximum atomic E-state index is 12.1. The maximum Gasteiger partial charge on any atom is 0.293 e. The molecule has 1 aromatic rings. The van der Waals surface area contributed by atoms with Crippen molar-refractivity contribution < 1.29 is 33.5 Å². The lowest BCUT2D eigenvalue weighted by Crippen LogP contribution is -2.47. The highest BCUT2D eigenvalue weighted by Gasteiger charge is 2.24. The first-order chi connectivity index (χ1) is 14.8. The van der Waals surface area contributed by atoms with Crippen LogP contribution < -0.4 is 16.0 Å². The maximum absolute atomic E-state index is 12.1. The molecule has 3 N–H and O–H groups in total. The molecular weight excluding hydrogens is 408 g/mol. The zero-order valence-electron chi connectivity index (χ0n) is 16.8. The summed E-state index contributed by atoms with van der Waals surface area (Å²) in [6.45, 7) is 1.51. The van der Waals surface area contributed by atoms with Gasteiger partial charge in [-0.2, -0.15) is 0 Å². The molecule has 1 atom stereocenters. The molecule has 0 bridgehead atoms. The molecule has 11 heteroatoms. The summed E-state index contributed by atoms with van der Waals surface area (Å²) in [5, 5.41) is 7.44. The summed E-state index contributed by atoms with van der Waals surface area (Å²) in [7, 11) is 0. The highest BCUT2D eigenvalue weighted by molar-refractivity contribution is 6.13. The molecule has 1 aliphatic rings. The van der Waals surface area contributed by atoms with E-state index in [-0.39, 0.29) is 26.1 Å². The summed E-state index contributed by atoms with van der Waals surface area (Å²) >= 11 is 0. The van der Waals surface area contributed by atoms with Gasteiger partial charge in [-0.05, 0) is 24.6 Å². The molecule has 11 nitrogen and oxygen atoms in total. The third-order valence-corrected chi connectivity index (χ3v) is 4.21. The summed E-state index contributed by atoms with van der Waals surface area (Å²) < 4.78 is 4.63. The predicted molar refractivity (Wildman–Crippen MR) is 107 cm³/mol. The fraction of sp³-hybridized carbons (Fsp3) is 0.300. The summed E-state index contributed by atoms with van der Waals surface area (Å²) in [5.74, 6) is -2.53. The van der Waals surface area contributed by atoms with Crippen LogP contribution in [0.25, 0.3) is 0 Å². The van der Waals surface area contributed by atoms with Crippen molar-refractivity contribution in [2.45, 2.75) is 26.0 Å². The summed E-state index contributed by atoms with van der Waals surface area (Å²) in [5.41, 5.74) is 1.24. The predicted octanol–water partition coefficient (Wildman–Crippen LogP) is -0.766. The van der Waals surface area contributed by atoms with Gasteiger partial charge >= 0.3 is 0 Å². The lowest BCUT2D eigenvalue weighted by atomic mass is 10.2. The molecule has 1 aliphatic heterocycles. The van der Waals surface area contributed by atoms with Crippen LogP contribution in [-0.4, -0.2) is 60.0 Å². The van der Waals surface area contributed by atoms with Crippen LogP contribution >= 0.6 is 0 Å². The molecule has 1 heterocycles. The summed E-state index contributed by atoms with van der Waals surface area (Å²) in [4.78, 5) is 69.9. The number of anilines is 1. The smallest absolute Gasteiger partial charge is 0.293 e. The second-order valence-electron chi connectivity index (χ2n) is 6.57. The topological polar surface area (TPSA) is 151 Å². The molecule has 0 spiro atoms. The van der Waals surface area contributed by atoms with E-state index in [9.17, 15) is 28.8 Å². The van der Waals surface area contributed by atoms with E-state index in [4.69, 9.17) is 0 Å². The largest absolute Gasteiger partial charge is 0.463 e. The van der Waals surface area contributed by atoms with E-state index in [0.717, 1.165) is 22.6 Å². The van der Waals surface area contributed by atoms with E-state index < -0.39 is 35.6 Å². The van der Waals surface area contributed by atoms with Gasteiger partial charge in [0.25, 0.3) is 18.3 Å². The molecule has 0 fully saturated rings. The van der Waals surface area contributed by atoms with Gasteiger partial charge < -0.3 is 20.7 Å². The van der Waals surface area contributed by atoms with Gasteiger partial charge in [0.05, 0.1) is 6.54 Å². The Kier molecular flexibility index (Phi) is 8.43. The molecule has 0 aromatic heterocycles. The highest BCUT2D eigenvalue weighted by atomic mass is 16.5. The van der Waals surface area contributed by atoms with Crippen LogP contribution in [0.5, 0.6) is 0 Å². The number of carbonyl (C=O) groups is 6. The van der Waals surface area contributed by atoms with E-state index in [1.165, 1.54) is 6.92 Å². The molecule has 0 radical (unpaired) electrons. The SMILES string of the molecule is CC(NC(=O)CCN1C(=O)C=CC1=O)C(=O)NCC(=O)Nc1ccc(COC=O)cc1. The van der Waals surface area contributed by atoms with Crippen LogP contribution in [-0.2, 0) is 40.1 Å². The third kappa shape index (κ3) is 7.38. The van der Waals surface area contributed by atoms with Gasteiger partial charge in [0, 0.05) is 30.8 Å². The minimum absolute atomic E-state index is 0.0900. The molecular formula is C20H22N4O7. The molecule has 164 valence electrons. The van der Waals surface area contributed by atoms with Crippen LogP contribution in [0.1, 0.15) is 18.9 Å². The first-order valence-electron chi connectivity index (χ1n) is 9.35. The lowest BCUT2D eigenvalue weighted by Gasteiger charge is -2.16. The molecule has 0 aliphatic carbocycles. The van der Waals surface area contributed by atoms with Crippen molar-refractivity contribution in [3.05, 3.63) is 42.0 Å². The fourth-order valence-corrected chi connectivity index (χ4v) is 2.58. The second kappa shape index (κ2) is 11.2. The number of rotatable bonds is 11. The zero-order valence-corrected chi connectivity index (χ0v) is 16.8. The Balaban J connectivity index is 1.68. The molecule has 2 rings (SSSR count). The quantitative estimate of drug-likeness (QED) is 0.308. The van der Waals surface area contributed by atoms with Crippen LogP contribution in [0.4, 0.5) is 5.69 Å². The van der Waals surface area contributed by atoms with Gasteiger partial charge in [-0.25, -0.2) is 0 Å². The number of hydrogen-bond acceptors (Lipinski definition) is 7. The number of benzene rings is 1. The van der Waals surface area contributed by atoms with Gasteiger partial charge in [0.15, 0.2) is 0 Å². The molecule has 31 heavy (non-hydrogen) atoms. The summed E-state index contributed by atoms with van der Waals surface area (Å²) in [6, 6.07) is 5.68. The van der Waals surface area contributed by atoms with Crippen molar-refractivity contribution in [2.75, 3.05) is 18.4 Å². The van der Waals surface area contributed by atoms with Gasteiger partial charge in [0.2, 0.25) is 17.7 Å². The first-order valence-corrected chi connectivity index (χ1v) is 9.35. The Bertz CT molecular complexity index is 877. The number of amides is 5. The number of nitrogens with one attached hydrogen (secondary N) is 3. The van der Waals surface area contributed by atoms with Crippen molar-refractivity contribution >= 4 is 41.7 Å².